The van der Waals surface area contributed by atoms with Gasteiger partial charge in [0.15, 0.2) is 0 Å². The molecule has 2 aromatic rings. The first-order valence-electron chi connectivity index (χ1n) is 9.12. The van der Waals surface area contributed by atoms with E-state index in [0.717, 1.165) is 16.9 Å². The lowest BCUT2D eigenvalue weighted by Crippen LogP contribution is -2.26. The number of benzene rings is 2. The molecule has 5 nitrogen and oxygen atoms in total. The fraction of sp³-hybridized carbons (Fsp3) is 0.318. The molecule has 0 amide bonds. The van der Waals surface area contributed by atoms with Crippen LogP contribution < -0.4 is 10.1 Å². The van der Waals surface area contributed by atoms with E-state index in [0.29, 0.717) is 31.9 Å². The zero-order chi connectivity index (χ0) is 19.5. The maximum atomic E-state index is 11.6. The molecule has 0 aromatic heterocycles. The highest BCUT2D eigenvalue weighted by atomic mass is 35.5. The van der Waals surface area contributed by atoms with E-state index in [4.69, 9.17) is 9.47 Å². The summed E-state index contributed by atoms with van der Waals surface area (Å²) in [6, 6.07) is 17.1. The highest BCUT2D eigenvalue weighted by Crippen LogP contribution is 2.15. The van der Waals surface area contributed by atoms with Crippen molar-refractivity contribution in [3.05, 3.63) is 71.3 Å². The summed E-state index contributed by atoms with van der Waals surface area (Å²) in [5.74, 6) is 0.452. The zero-order valence-corrected chi connectivity index (χ0v) is 17.1. The van der Waals surface area contributed by atoms with Gasteiger partial charge in [0, 0.05) is 18.7 Å². The molecule has 0 spiro atoms. The lowest BCUT2D eigenvalue weighted by atomic mass is 10.1. The second kappa shape index (κ2) is 12.9. The van der Waals surface area contributed by atoms with Crippen molar-refractivity contribution in [3.63, 3.8) is 0 Å². The second-order valence-electron chi connectivity index (χ2n) is 6.10. The number of carbonyl (C=O) groups excluding carboxylic acids is 1. The molecule has 0 aliphatic carbocycles. The Bertz CT molecular complexity index is 732. The van der Waals surface area contributed by atoms with Crippen LogP contribution in [-0.2, 0) is 9.53 Å². The van der Waals surface area contributed by atoms with Crippen molar-refractivity contribution in [2.24, 2.45) is 0 Å². The van der Waals surface area contributed by atoms with Gasteiger partial charge in [0.25, 0.3) is 0 Å². The van der Waals surface area contributed by atoms with E-state index >= 15 is 0 Å². The monoisotopic (exact) mass is 405 g/mol. The summed E-state index contributed by atoms with van der Waals surface area (Å²) in [6.45, 7) is 5.50. The molecule has 0 heterocycles. The van der Waals surface area contributed by atoms with Gasteiger partial charge in [-0.15, -0.1) is 12.4 Å². The zero-order valence-electron chi connectivity index (χ0n) is 16.3. The summed E-state index contributed by atoms with van der Waals surface area (Å²) in [7, 11) is 0. The van der Waals surface area contributed by atoms with Gasteiger partial charge in [-0.2, -0.15) is 0 Å². The van der Waals surface area contributed by atoms with Crippen molar-refractivity contribution < 1.29 is 19.4 Å². The predicted octanol–water partition coefficient (Wildman–Crippen LogP) is 3.78. The topological polar surface area (TPSA) is 67.8 Å². The number of esters is 1. The molecule has 6 heteroatoms. The van der Waals surface area contributed by atoms with E-state index in [1.165, 1.54) is 0 Å². The molecule has 0 bridgehead atoms. The van der Waals surface area contributed by atoms with Crippen LogP contribution in [0.1, 0.15) is 31.1 Å². The first-order valence-corrected chi connectivity index (χ1v) is 9.12. The molecule has 0 saturated heterocycles. The summed E-state index contributed by atoms with van der Waals surface area (Å²) in [6.07, 6.45) is 1.26. The molecule has 152 valence electrons. The van der Waals surface area contributed by atoms with Crippen LogP contribution in [0.4, 0.5) is 0 Å². The number of aliphatic hydroxyl groups excluding tert-OH is 1. The Balaban J connectivity index is 0.00000392. The van der Waals surface area contributed by atoms with Gasteiger partial charge in [0.05, 0.1) is 12.7 Å². The Hall–Kier alpha value is -2.34. The van der Waals surface area contributed by atoms with E-state index in [1.807, 2.05) is 54.6 Å². The lowest BCUT2D eigenvalue weighted by molar-refractivity contribution is -0.138. The van der Waals surface area contributed by atoms with Crippen LogP contribution in [0.2, 0.25) is 0 Å². The average Bonchev–Trinajstić information content (AvgIpc) is 2.69. The second-order valence-corrected chi connectivity index (χ2v) is 6.10. The largest absolute Gasteiger partial charge is 0.492 e. The van der Waals surface area contributed by atoms with Crippen molar-refractivity contribution in [2.75, 3.05) is 26.3 Å². The third kappa shape index (κ3) is 8.13. The van der Waals surface area contributed by atoms with Gasteiger partial charge < -0.3 is 19.9 Å². The fourth-order valence-electron chi connectivity index (χ4n) is 2.49. The normalized spacial score (nSPS) is 12.0. The van der Waals surface area contributed by atoms with E-state index in [9.17, 15) is 9.90 Å². The van der Waals surface area contributed by atoms with Gasteiger partial charge in [-0.25, -0.2) is 4.79 Å². The Labute approximate surface area is 172 Å². The molecular weight excluding hydrogens is 378 g/mol. The molecule has 0 fully saturated rings. The summed E-state index contributed by atoms with van der Waals surface area (Å²) in [4.78, 5) is 11.6. The standard InChI is InChI=1S/C22H27NO4.ClH/c1-3-26-22(25)17(2)15-18-9-11-20(12-10-18)27-14-13-23-16-21(24)19-7-5-4-6-8-19;/h4-12,15,21,23-24H,3,13-14,16H2,1-2H3;1H/b17-15+;. The smallest absolute Gasteiger partial charge is 0.333 e. The fourth-order valence-corrected chi connectivity index (χ4v) is 2.49. The summed E-state index contributed by atoms with van der Waals surface area (Å²) in [5.41, 5.74) is 2.37. The molecule has 1 atom stereocenters. The van der Waals surface area contributed by atoms with Gasteiger partial charge in [-0.05, 0) is 43.2 Å². The molecular formula is C22H28ClNO4. The maximum Gasteiger partial charge on any atom is 0.333 e. The minimum atomic E-state index is -0.528. The van der Waals surface area contributed by atoms with Gasteiger partial charge in [0.2, 0.25) is 0 Å². The van der Waals surface area contributed by atoms with Crippen molar-refractivity contribution in [1.29, 1.82) is 0 Å². The lowest BCUT2D eigenvalue weighted by Gasteiger charge is -2.12. The summed E-state index contributed by atoms with van der Waals surface area (Å²) in [5, 5.41) is 13.3. The summed E-state index contributed by atoms with van der Waals surface area (Å²) < 4.78 is 10.6. The van der Waals surface area contributed by atoms with Crippen molar-refractivity contribution in [1.82, 2.24) is 5.32 Å². The highest BCUT2D eigenvalue weighted by molar-refractivity contribution is 5.92. The van der Waals surface area contributed by atoms with E-state index < -0.39 is 6.10 Å². The van der Waals surface area contributed by atoms with Gasteiger partial charge >= 0.3 is 5.97 Å². The third-order valence-corrected chi connectivity index (χ3v) is 3.93. The number of halogens is 1. The van der Waals surface area contributed by atoms with Crippen LogP contribution in [0.25, 0.3) is 6.08 Å². The Morgan fingerprint density at radius 1 is 1.14 bits per heavy atom. The molecule has 28 heavy (non-hydrogen) atoms. The third-order valence-electron chi connectivity index (χ3n) is 3.93. The predicted molar refractivity (Wildman–Crippen MR) is 114 cm³/mol. The minimum absolute atomic E-state index is 0. The van der Waals surface area contributed by atoms with Gasteiger partial charge in [-0.1, -0.05) is 42.5 Å². The molecule has 0 aliphatic rings. The molecule has 2 N–H and O–H groups in total. The number of rotatable bonds is 10. The van der Waals surface area contributed by atoms with Crippen molar-refractivity contribution in [2.45, 2.75) is 20.0 Å². The molecule has 1 unspecified atom stereocenters. The quantitative estimate of drug-likeness (QED) is 0.357. The number of nitrogens with one attached hydrogen (secondary N) is 1. The highest BCUT2D eigenvalue weighted by Gasteiger charge is 2.06. The first-order chi connectivity index (χ1) is 13.1. The Kier molecular flexibility index (Phi) is 11.0. The number of carbonyl (C=O) groups is 1. The molecule has 2 rings (SSSR count). The van der Waals surface area contributed by atoms with Crippen molar-refractivity contribution >= 4 is 24.5 Å². The average molecular weight is 406 g/mol. The Morgan fingerprint density at radius 3 is 2.46 bits per heavy atom. The summed E-state index contributed by atoms with van der Waals surface area (Å²) >= 11 is 0. The van der Waals surface area contributed by atoms with Gasteiger partial charge in [0.1, 0.15) is 12.4 Å². The van der Waals surface area contributed by atoms with Crippen LogP contribution in [0.3, 0.4) is 0 Å². The molecule has 2 aromatic carbocycles. The van der Waals surface area contributed by atoms with Crippen LogP contribution in [0, 0.1) is 0 Å². The van der Waals surface area contributed by atoms with E-state index in [2.05, 4.69) is 5.32 Å². The number of aliphatic hydroxyl groups is 1. The van der Waals surface area contributed by atoms with Crippen molar-refractivity contribution in [3.8, 4) is 5.75 Å². The van der Waals surface area contributed by atoms with Gasteiger partial charge in [-0.3, -0.25) is 0 Å². The minimum Gasteiger partial charge on any atom is -0.492 e. The van der Waals surface area contributed by atoms with Crippen LogP contribution >= 0.6 is 12.4 Å². The molecule has 0 aliphatic heterocycles. The SMILES string of the molecule is CCOC(=O)/C(C)=C/c1ccc(OCCNCC(O)c2ccccc2)cc1.Cl. The molecule has 0 radical (unpaired) electrons. The van der Waals surface area contributed by atoms with Crippen LogP contribution in [0.15, 0.2) is 60.2 Å². The number of hydrogen-bond donors (Lipinski definition) is 2. The Morgan fingerprint density at radius 2 is 1.82 bits per heavy atom. The maximum absolute atomic E-state index is 11.6. The van der Waals surface area contributed by atoms with Crippen LogP contribution in [-0.4, -0.2) is 37.4 Å². The van der Waals surface area contributed by atoms with E-state index in [1.54, 1.807) is 19.9 Å². The first kappa shape index (κ1) is 23.7. The van der Waals surface area contributed by atoms with Crippen LogP contribution in [0.5, 0.6) is 5.75 Å². The van der Waals surface area contributed by atoms with E-state index in [-0.39, 0.29) is 18.4 Å². The number of hydrogen-bond acceptors (Lipinski definition) is 5. The number of ether oxygens (including phenoxy) is 2. The molecule has 0 saturated carbocycles.